The highest BCUT2D eigenvalue weighted by Gasteiger charge is 2.34. The molecule has 2 fully saturated rings. The van der Waals surface area contributed by atoms with Gasteiger partial charge in [-0.15, -0.1) is 11.8 Å². The second kappa shape index (κ2) is 7.77. The Balaban J connectivity index is 1.55. The molecule has 1 N–H and O–H groups in total. The highest BCUT2D eigenvalue weighted by atomic mass is 32.2. The maximum Gasteiger partial charge on any atom is 0.238 e. The zero-order valence-electron chi connectivity index (χ0n) is 15.5. The second-order valence-electron chi connectivity index (χ2n) is 7.36. The van der Waals surface area contributed by atoms with Crippen molar-refractivity contribution in [3.63, 3.8) is 0 Å². The summed E-state index contributed by atoms with van der Waals surface area (Å²) in [6.07, 6.45) is 4.26. The van der Waals surface area contributed by atoms with Crippen molar-refractivity contribution >= 4 is 35.0 Å². The van der Waals surface area contributed by atoms with Crippen LogP contribution < -0.4 is 10.2 Å². The summed E-state index contributed by atoms with van der Waals surface area (Å²) < 4.78 is 0. The Morgan fingerprint density at radius 2 is 1.85 bits per heavy atom. The number of hydrogen-bond donors (Lipinski definition) is 1. The SMILES string of the molecule is Cc1ccc(N2C(=O)CS[C@H]2c2cccc(NC(=O)C3CCCC3)c2)cc1. The molecule has 4 rings (SSSR count). The van der Waals surface area contributed by atoms with Crippen molar-refractivity contribution in [2.45, 2.75) is 38.0 Å². The number of rotatable bonds is 4. The van der Waals surface area contributed by atoms with Crippen molar-refractivity contribution in [2.75, 3.05) is 16.0 Å². The largest absolute Gasteiger partial charge is 0.326 e. The lowest BCUT2D eigenvalue weighted by Crippen LogP contribution is -2.27. The zero-order valence-corrected chi connectivity index (χ0v) is 16.3. The topological polar surface area (TPSA) is 49.4 Å². The molecule has 0 spiro atoms. The summed E-state index contributed by atoms with van der Waals surface area (Å²) in [6, 6.07) is 16.0. The Bertz CT molecular complexity index is 844. The molecule has 2 amide bonds. The summed E-state index contributed by atoms with van der Waals surface area (Å²) >= 11 is 1.63. The third-order valence-corrected chi connectivity index (χ3v) is 6.56. The molecule has 1 aliphatic heterocycles. The van der Waals surface area contributed by atoms with E-state index in [4.69, 9.17) is 0 Å². The van der Waals surface area contributed by atoms with E-state index in [2.05, 4.69) is 5.32 Å². The van der Waals surface area contributed by atoms with Gasteiger partial charge < -0.3 is 5.32 Å². The van der Waals surface area contributed by atoms with Gasteiger partial charge in [0.2, 0.25) is 11.8 Å². The predicted octanol–water partition coefficient (Wildman–Crippen LogP) is 4.90. The van der Waals surface area contributed by atoms with Crippen LogP contribution in [0.3, 0.4) is 0 Å². The standard InChI is InChI=1S/C22H24N2O2S/c1-15-9-11-19(12-10-15)24-20(25)14-27-22(24)17-7-4-8-18(13-17)23-21(26)16-5-2-3-6-16/h4,7-13,16,22H,2-3,5-6,14H2,1H3,(H,23,26)/t22-/m0/s1. The Kier molecular flexibility index (Phi) is 5.21. The Morgan fingerprint density at radius 1 is 1.11 bits per heavy atom. The van der Waals surface area contributed by atoms with Gasteiger partial charge in [-0.2, -0.15) is 0 Å². The minimum Gasteiger partial charge on any atom is -0.326 e. The fourth-order valence-corrected chi connectivity index (χ4v) is 5.02. The summed E-state index contributed by atoms with van der Waals surface area (Å²) in [5.41, 5.74) is 3.94. The normalized spacial score (nSPS) is 20.3. The van der Waals surface area contributed by atoms with Crippen molar-refractivity contribution in [3.8, 4) is 0 Å². The van der Waals surface area contributed by atoms with Crippen LogP contribution in [-0.2, 0) is 9.59 Å². The first-order valence-corrected chi connectivity index (χ1v) is 10.6. The van der Waals surface area contributed by atoms with E-state index in [9.17, 15) is 9.59 Å². The van der Waals surface area contributed by atoms with E-state index >= 15 is 0 Å². The summed E-state index contributed by atoms with van der Waals surface area (Å²) in [5.74, 6) is 0.849. The summed E-state index contributed by atoms with van der Waals surface area (Å²) in [4.78, 5) is 26.8. The van der Waals surface area contributed by atoms with E-state index in [1.807, 2.05) is 60.4 Å². The van der Waals surface area contributed by atoms with Crippen molar-refractivity contribution in [1.29, 1.82) is 0 Å². The average Bonchev–Trinajstić information content (AvgIpc) is 3.33. The number of amides is 2. The van der Waals surface area contributed by atoms with Crippen LogP contribution in [0.1, 0.15) is 42.2 Å². The molecule has 0 bridgehead atoms. The zero-order chi connectivity index (χ0) is 18.8. The smallest absolute Gasteiger partial charge is 0.238 e. The molecule has 140 valence electrons. The van der Waals surface area contributed by atoms with Gasteiger partial charge in [-0.3, -0.25) is 14.5 Å². The molecular formula is C22H24N2O2S. The van der Waals surface area contributed by atoms with E-state index in [-0.39, 0.29) is 23.1 Å². The van der Waals surface area contributed by atoms with Crippen LogP contribution in [0.2, 0.25) is 0 Å². The molecule has 0 unspecified atom stereocenters. The molecule has 2 aromatic carbocycles. The number of nitrogens with one attached hydrogen (secondary N) is 1. The Morgan fingerprint density at radius 3 is 2.59 bits per heavy atom. The maximum atomic E-state index is 12.5. The van der Waals surface area contributed by atoms with Crippen LogP contribution in [0.15, 0.2) is 48.5 Å². The minimum absolute atomic E-state index is 0.0662. The first kappa shape index (κ1) is 18.1. The fraction of sp³-hybridized carbons (Fsp3) is 0.364. The third kappa shape index (κ3) is 3.88. The molecule has 1 heterocycles. The van der Waals surface area contributed by atoms with Crippen molar-refractivity contribution in [1.82, 2.24) is 0 Å². The molecule has 27 heavy (non-hydrogen) atoms. The Labute approximate surface area is 164 Å². The average molecular weight is 381 g/mol. The van der Waals surface area contributed by atoms with Crippen LogP contribution in [0.25, 0.3) is 0 Å². The number of carbonyl (C=O) groups excluding carboxylic acids is 2. The molecule has 5 heteroatoms. The predicted molar refractivity (Wildman–Crippen MR) is 111 cm³/mol. The summed E-state index contributed by atoms with van der Waals surface area (Å²) in [5, 5.41) is 3.00. The number of nitrogens with zero attached hydrogens (tertiary/aromatic N) is 1. The van der Waals surface area contributed by atoms with Crippen LogP contribution in [0.4, 0.5) is 11.4 Å². The van der Waals surface area contributed by atoms with Gasteiger partial charge in [-0.25, -0.2) is 0 Å². The summed E-state index contributed by atoms with van der Waals surface area (Å²) in [7, 11) is 0. The number of carbonyl (C=O) groups is 2. The minimum atomic E-state index is -0.0662. The first-order valence-electron chi connectivity index (χ1n) is 9.53. The molecule has 2 aliphatic rings. The second-order valence-corrected chi connectivity index (χ2v) is 8.43. The first-order chi connectivity index (χ1) is 13.1. The number of aryl methyl sites for hydroxylation is 1. The van der Waals surface area contributed by atoms with Gasteiger partial charge in [-0.05, 0) is 49.6 Å². The quantitative estimate of drug-likeness (QED) is 0.820. The van der Waals surface area contributed by atoms with Crippen molar-refractivity contribution in [3.05, 3.63) is 59.7 Å². The van der Waals surface area contributed by atoms with Gasteiger partial charge >= 0.3 is 0 Å². The Hall–Kier alpha value is -2.27. The lowest BCUT2D eigenvalue weighted by Gasteiger charge is -2.25. The van der Waals surface area contributed by atoms with Crippen LogP contribution >= 0.6 is 11.8 Å². The lowest BCUT2D eigenvalue weighted by atomic mass is 10.1. The van der Waals surface area contributed by atoms with Crippen LogP contribution in [-0.4, -0.2) is 17.6 Å². The van der Waals surface area contributed by atoms with Gasteiger partial charge in [-0.1, -0.05) is 42.7 Å². The van der Waals surface area contributed by atoms with E-state index in [1.54, 1.807) is 11.8 Å². The molecule has 2 aromatic rings. The number of anilines is 2. The number of hydrogen-bond acceptors (Lipinski definition) is 3. The number of thioether (sulfide) groups is 1. The van der Waals surface area contributed by atoms with E-state index in [1.165, 1.54) is 5.56 Å². The molecule has 1 aliphatic carbocycles. The van der Waals surface area contributed by atoms with Crippen molar-refractivity contribution < 1.29 is 9.59 Å². The highest BCUT2D eigenvalue weighted by Crippen LogP contribution is 2.42. The van der Waals surface area contributed by atoms with E-state index in [0.29, 0.717) is 5.75 Å². The van der Waals surface area contributed by atoms with Gasteiger partial charge in [0.15, 0.2) is 0 Å². The molecule has 4 nitrogen and oxygen atoms in total. The number of benzene rings is 2. The van der Waals surface area contributed by atoms with Gasteiger partial charge in [0.05, 0.1) is 5.75 Å². The highest BCUT2D eigenvalue weighted by molar-refractivity contribution is 8.00. The maximum absolute atomic E-state index is 12.5. The monoisotopic (exact) mass is 380 g/mol. The van der Waals surface area contributed by atoms with E-state index < -0.39 is 0 Å². The molecule has 1 atom stereocenters. The van der Waals surface area contributed by atoms with Gasteiger partial charge in [0.1, 0.15) is 5.37 Å². The third-order valence-electron chi connectivity index (χ3n) is 5.35. The van der Waals surface area contributed by atoms with Gasteiger partial charge in [0, 0.05) is 17.3 Å². The lowest BCUT2D eigenvalue weighted by molar-refractivity contribution is -0.119. The molecule has 1 saturated heterocycles. The molecule has 1 saturated carbocycles. The molecule has 0 radical (unpaired) electrons. The van der Waals surface area contributed by atoms with Crippen molar-refractivity contribution in [2.24, 2.45) is 5.92 Å². The molecule has 0 aromatic heterocycles. The van der Waals surface area contributed by atoms with Crippen LogP contribution in [0.5, 0.6) is 0 Å². The van der Waals surface area contributed by atoms with Crippen LogP contribution in [0, 0.1) is 12.8 Å². The fourth-order valence-electron chi connectivity index (χ4n) is 3.86. The molecular weight excluding hydrogens is 356 g/mol. The summed E-state index contributed by atoms with van der Waals surface area (Å²) in [6.45, 7) is 2.04. The van der Waals surface area contributed by atoms with Gasteiger partial charge in [0.25, 0.3) is 0 Å². The van der Waals surface area contributed by atoms with E-state index in [0.717, 1.165) is 42.6 Å².